The molecule has 0 fully saturated rings. The van der Waals surface area contributed by atoms with E-state index < -0.39 is 11.8 Å². The predicted molar refractivity (Wildman–Crippen MR) is 62.2 cm³/mol. The van der Waals surface area contributed by atoms with Gasteiger partial charge in [0.1, 0.15) is 6.10 Å². The van der Waals surface area contributed by atoms with Crippen molar-refractivity contribution in [1.29, 1.82) is 0 Å². The first-order valence-corrected chi connectivity index (χ1v) is 6.07. The minimum Gasteiger partial charge on any atom is -0.388 e. The van der Waals surface area contributed by atoms with Crippen molar-refractivity contribution >= 4 is 5.71 Å². The van der Waals surface area contributed by atoms with E-state index in [1.54, 1.807) is 0 Å². The molecule has 0 aromatic rings. The summed E-state index contributed by atoms with van der Waals surface area (Å²) in [5, 5.41) is 10.0. The van der Waals surface area contributed by atoms with E-state index in [2.05, 4.69) is 18.8 Å². The molecule has 15 heavy (non-hydrogen) atoms. The van der Waals surface area contributed by atoms with Gasteiger partial charge in [-0.3, -0.25) is 4.99 Å². The predicted octanol–water partition coefficient (Wildman–Crippen LogP) is 2.52. The molecule has 0 radical (unpaired) electrons. The molecule has 0 spiro atoms. The highest BCUT2D eigenvalue weighted by atomic mass is 16.5. The van der Waals surface area contributed by atoms with Gasteiger partial charge in [-0.25, -0.2) is 0 Å². The number of aliphatic hydroxyl groups is 1. The largest absolute Gasteiger partial charge is 0.388 e. The normalized spacial score (nSPS) is 32.9. The number of aliphatic hydroxyl groups excluding tert-OH is 1. The molecule has 3 unspecified atom stereocenters. The summed E-state index contributed by atoms with van der Waals surface area (Å²) in [5.41, 5.74) is 0.438. The highest BCUT2D eigenvalue weighted by Gasteiger charge is 2.43. The summed E-state index contributed by atoms with van der Waals surface area (Å²) in [6.45, 7) is 8.17. The third kappa shape index (κ3) is 2.23. The molecule has 88 valence electrons. The van der Waals surface area contributed by atoms with Crippen molar-refractivity contribution in [2.24, 2.45) is 4.99 Å². The maximum absolute atomic E-state index is 10.0. The molecule has 0 aromatic heterocycles. The molecular weight excluding hydrogens is 190 g/mol. The van der Waals surface area contributed by atoms with Crippen molar-refractivity contribution in [2.75, 3.05) is 0 Å². The van der Waals surface area contributed by atoms with Crippen LogP contribution in [0.2, 0.25) is 0 Å². The Morgan fingerprint density at radius 2 is 2.07 bits per heavy atom. The van der Waals surface area contributed by atoms with E-state index in [0.29, 0.717) is 6.42 Å². The minimum absolute atomic E-state index is 0.108. The number of hydrogen-bond donors (Lipinski definition) is 1. The van der Waals surface area contributed by atoms with Crippen molar-refractivity contribution in [3.63, 3.8) is 0 Å². The van der Waals surface area contributed by atoms with Gasteiger partial charge in [-0.1, -0.05) is 27.7 Å². The molecule has 1 aliphatic heterocycles. The molecule has 0 saturated heterocycles. The first kappa shape index (κ1) is 12.7. The lowest BCUT2D eigenvalue weighted by atomic mass is 10.0. The van der Waals surface area contributed by atoms with E-state index in [4.69, 9.17) is 4.74 Å². The maximum Gasteiger partial charge on any atom is 0.185 e. The van der Waals surface area contributed by atoms with E-state index >= 15 is 0 Å². The summed E-state index contributed by atoms with van der Waals surface area (Å²) < 4.78 is 5.95. The first-order chi connectivity index (χ1) is 7.13. The topological polar surface area (TPSA) is 41.8 Å². The van der Waals surface area contributed by atoms with Crippen molar-refractivity contribution < 1.29 is 9.84 Å². The van der Waals surface area contributed by atoms with Crippen LogP contribution in [0.4, 0.5) is 0 Å². The van der Waals surface area contributed by atoms with E-state index in [-0.39, 0.29) is 6.10 Å². The fourth-order valence-corrected chi connectivity index (χ4v) is 2.15. The molecule has 0 amide bonds. The molecule has 3 heteroatoms. The number of hydrogen-bond acceptors (Lipinski definition) is 3. The zero-order valence-corrected chi connectivity index (χ0v) is 10.3. The van der Waals surface area contributed by atoms with Crippen molar-refractivity contribution in [1.82, 2.24) is 0 Å². The lowest BCUT2D eigenvalue weighted by Gasteiger charge is -2.30. The van der Waals surface area contributed by atoms with Crippen LogP contribution in [0.15, 0.2) is 4.99 Å². The van der Waals surface area contributed by atoms with E-state index in [1.807, 2.05) is 13.8 Å². The fourth-order valence-electron chi connectivity index (χ4n) is 2.15. The van der Waals surface area contributed by atoms with Gasteiger partial charge < -0.3 is 9.84 Å². The van der Waals surface area contributed by atoms with Gasteiger partial charge in [0.25, 0.3) is 0 Å². The highest BCUT2D eigenvalue weighted by Crippen LogP contribution is 2.34. The Bertz CT molecular complexity index is 240. The molecule has 1 heterocycles. The van der Waals surface area contributed by atoms with Crippen LogP contribution in [0.1, 0.15) is 53.4 Å². The number of rotatable bonds is 5. The van der Waals surface area contributed by atoms with E-state index in [1.165, 1.54) is 0 Å². The molecule has 1 rings (SSSR count). The number of ether oxygens (including phenoxy) is 1. The highest BCUT2D eigenvalue weighted by molar-refractivity contribution is 5.90. The lowest BCUT2D eigenvalue weighted by Crippen LogP contribution is -2.41. The number of nitrogens with zero attached hydrogens (tertiary/aromatic N) is 1. The quantitative estimate of drug-likeness (QED) is 0.762. The fraction of sp³-hybridized carbons (Fsp3) is 0.917. The summed E-state index contributed by atoms with van der Waals surface area (Å²) in [6, 6.07) is 0. The van der Waals surface area contributed by atoms with Crippen molar-refractivity contribution in [3.05, 3.63) is 0 Å². The molecule has 1 N–H and O–H groups in total. The lowest BCUT2D eigenvalue weighted by molar-refractivity contribution is -0.122. The Hall–Kier alpha value is -0.410. The third-order valence-electron chi connectivity index (χ3n) is 3.20. The second-order valence-electron chi connectivity index (χ2n) is 4.09. The van der Waals surface area contributed by atoms with Gasteiger partial charge in [0.15, 0.2) is 5.72 Å². The molecule has 1 aliphatic rings. The third-order valence-corrected chi connectivity index (χ3v) is 3.20. The van der Waals surface area contributed by atoms with Gasteiger partial charge in [-0.2, -0.15) is 0 Å². The monoisotopic (exact) mass is 213 g/mol. The minimum atomic E-state index is -0.666. The summed E-state index contributed by atoms with van der Waals surface area (Å²) >= 11 is 0. The first-order valence-electron chi connectivity index (χ1n) is 6.07. The average Bonchev–Trinajstić information content (AvgIpc) is 2.67. The van der Waals surface area contributed by atoms with Crippen LogP contribution in [0.3, 0.4) is 0 Å². The summed E-state index contributed by atoms with van der Waals surface area (Å²) in [6.07, 6.45) is 2.89. The van der Waals surface area contributed by atoms with Crippen LogP contribution < -0.4 is 0 Å². The van der Waals surface area contributed by atoms with Crippen molar-refractivity contribution in [2.45, 2.75) is 71.3 Å². The Morgan fingerprint density at radius 3 is 2.40 bits per heavy atom. The van der Waals surface area contributed by atoms with Gasteiger partial charge in [-0.05, 0) is 25.7 Å². The second kappa shape index (κ2) is 5.08. The van der Waals surface area contributed by atoms with Crippen LogP contribution in [-0.4, -0.2) is 28.8 Å². The zero-order valence-electron chi connectivity index (χ0n) is 10.3. The molecule has 3 atom stereocenters. The van der Waals surface area contributed by atoms with Crippen LogP contribution in [0, 0.1) is 0 Å². The van der Waals surface area contributed by atoms with E-state index in [9.17, 15) is 5.11 Å². The van der Waals surface area contributed by atoms with Gasteiger partial charge in [0, 0.05) is 5.71 Å². The summed E-state index contributed by atoms with van der Waals surface area (Å²) in [5.74, 6) is 0. The summed E-state index contributed by atoms with van der Waals surface area (Å²) in [4.78, 5) is 4.62. The van der Waals surface area contributed by atoms with Crippen molar-refractivity contribution in [3.8, 4) is 0 Å². The van der Waals surface area contributed by atoms with Crippen LogP contribution in [-0.2, 0) is 4.74 Å². The van der Waals surface area contributed by atoms with Gasteiger partial charge in [0.2, 0.25) is 0 Å². The van der Waals surface area contributed by atoms with Crippen LogP contribution in [0.25, 0.3) is 0 Å². The molecule has 0 bridgehead atoms. The maximum atomic E-state index is 10.0. The van der Waals surface area contributed by atoms with E-state index in [0.717, 1.165) is 25.0 Å². The Labute approximate surface area is 92.6 Å². The van der Waals surface area contributed by atoms with Crippen LogP contribution in [0.5, 0.6) is 0 Å². The number of aliphatic imine (C=N–C) groups is 1. The van der Waals surface area contributed by atoms with Gasteiger partial charge >= 0.3 is 0 Å². The SMILES string of the molecule is CCC1=NC(CC)(C(O)CC)OC1CC. The second-order valence-corrected chi connectivity index (χ2v) is 4.09. The molecular formula is C12H23NO2. The smallest absolute Gasteiger partial charge is 0.185 e. The Morgan fingerprint density at radius 1 is 1.40 bits per heavy atom. The summed E-state index contributed by atoms with van der Waals surface area (Å²) in [7, 11) is 0. The Balaban J connectivity index is 2.90. The van der Waals surface area contributed by atoms with Gasteiger partial charge in [0.05, 0.1) is 6.10 Å². The zero-order chi connectivity index (χ0) is 11.5. The molecule has 0 aliphatic carbocycles. The molecule has 0 saturated carbocycles. The molecule has 3 nitrogen and oxygen atoms in total. The molecule has 0 aromatic carbocycles. The average molecular weight is 213 g/mol. The van der Waals surface area contributed by atoms with Crippen LogP contribution >= 0.6 is 0 Å². The standard InChI is InChI=1S/C12H23NO2/c1-5-9-10(6-2)15-12(8-4,13-9)11(14)7-3/h10-11,14H,5-8H2,1-4H3. The Kier molecular flexibility index (Phi) is 4.29. The van der Waals surface area contributed by atoms with Gasteiger partial charge in [-0.15, -0.1) is 0 Å².